The van der Waals surface area contributed by atoms with Gasteiger partial charge in [-0.1, -0.05) is 12.2 Å². The van der Waals surface area contributed by atoms with Crippen molar-refractivity contribution in [3.8, 4) is 0 Å². The number of halogens is 1. The molecular weight excluding hydrogens is 214 g/mol. The molecule has 0 aromatic heterocycles. The fourth-order valence-corrected chi connectivity index (χ4v) is 1.57. The molecule has 1 N–H and O–H groups in total. The van der Waals surface area contributed by atoms with Gasteiger partial charge in [-0.2, -0.15) is 0 Å². The lowest BCUT2D eigenvalue weighted by Crippen LogP contribution is -1.97. The van der Waals surface area contributed by atoms with Crippen molar-refractivity contribution in [1.82, 2.24) is 0 Å². The van der Waals surface area contributed by atoms with Crippen molar-refractivity contribution in [3.63, 3.8) is 0 Å². The predicted molar refractivity (Wildman–Crippen MR) is 66.6 cm³/mol. The number of alkyl halides is 1. The molecule has 0 saturated heterocycles. The average molecular weight is 228 g/mol. The highest BCUT2D eigenvalue weighted by molar-refractivity contribution is 7.98. The SMILES string of the molecule is CSc1ccc(NC/C=C/CCl)cc1. The summed E-state index contributed by atoms with van der Waals surface area (Å²) in [5.41, 5.74) is 1.14. The first kappa shape index (κ1) is 11.5. The third-order valence-corrected chi connectivity index (χ3v) is 2.69. The van der Waals surface area contributed by atoms with E-state index in [1.54, 1.807) is 11.8 Å². The van der Waals surface area contributed by atoms with Gasteiger partial charge in [0.1, 0.15) is 0 Å². The molecule has 76 valence electrons. The van der Waals surface area contributed by atoms with Crippen LogP contribution in [-0.2, 0) is 0 Å². The van der Waals surface area contributed by atoms with Crippen molar-refractivity contribution in [2.45, 2.75) is 4.90 Å². The lowest BCUT2D eigenvalue weighted by atomic mass is 10.3. The van der Waals surface area contributed by atoms with E-state index in [1.165, 1.54) is 4.90 Å². The van der Waals surface area contributed by atoms with Crippen LogP contribution < -0.4 is 5.32 Å². The molecule has 0 heterocycles. The molecule has 14 heavy (non-hydrogen) atoms. The van der Waals surface area contributed by atoms with E-state index in [0.717, 1.165) is 12.2 Å². The number of rotatable bonds is 5. The van der Waals surface area contributed by atoms with E-state index >= 15 is 0 Å². The van der Waals surface area contributed by atoms with Crippen molar-refractivity contribution < 1.29 is 0 Å². The lowest BCUT2D eigenvalue weighted by Gasteiger charge is -2.03. The monoisotopic (exact) mass is 227 g/mol. The summed E-state index contributed by atoms with van der Waals surface area (Å²) in [6.07, 6.45) is 6.03. The van der Waals surface area contributed by atoms with Crippen molar-refractivity contribution in [2.75, 3.05) is 24.0 Å². The number of hydrogen-bond donors (Lipinski definition) is 1. The Morgan fingerprint density at radius 2 is 2.00 bits per heavy atom. The molecule has 0 spiro atoms. The van der Waals surface area contributed by atoms with Crippen molar-refractivity contribution in [1.29, 1.82) is 0 Å². The van der Waals surface area contributed by atoms with E-state index in [9.17, 15) is 0 Å². The summed E-state index contributed by atoms with van der Waals surface area (Å²) in [5, 5.41) is 3.28. The van der Waals surface area contributed by atoms with Crippen LogP contribution in [0.25, 0.3) is 0 Å². The van der Waals surface area contributed by atoms with Gasteiger partial charge in [0.15, 0.2) is 0 Å². The molecule has 0 atom stereocenters. The summed E-state index contributed by atoms with van der Waals surface area (Å²) < 4.78 is 0. The highest BCUT2D eigenvalue weighted by Gasteiger charge is 1.90. The largest absolute Gasteiger partial charge is 0.382 e. The fourth-order valence-electron chi connectivity index (χ4n) is 1.03. The van der Waals surface area contributed by atoms with Crippen molar-refractivity contribution in [3.05, 3.63) is 36.4 Å². The first-order chi connectivity index (χ1) is 6.86. The Morgan fingerprint density at radius 3 is 2.57 bits per heavy atom. The second-order valence-corrected chi connectivity index (χ2v) is 3.92. The van der Waals surface area contributed by atoms with Crippen LogP contribution in [0.4, 0.5) is 5.69 Å². The molecule has 1 aromatic carbocycles. The maximum absolute atomic E-state index is 5.51. The minimum atomic E-state index is 0.576. The van der Waals surface area contributed by atoms with E-state index in [2.05, 4.69) is 35.8 Å². The van der Waals surface area contributed by atoms with Crippen LogP contribution in [0.5, 0.6) is 0 Å². The molecule has 0 aliphatic carbocycles. The molecule has 0 unspecified atom stereocenters. The van der Waals surface area contributed by atoms with Crippen LogP contribution in [0.3, 0.4) is 0 Å². The Morgan fingerprint density at radius 1 is 1.29 bits per heavy atom. The second kappa shape index (κ2) is 6.80. The van der Waals surface area contributed by atoms with Crippen LogP contribution in [0.15, 0.2) is 41.3 Å². The van der Waals surface area contributed by atoms with Crippen molar-refractivity contribution >= 4 is 29.1 Å². The molecular formula is C11H14ClNS. The van der Waals surface area contributed by atoms with E-state index < -0.39 is 0 Å². The minimum Gasteiger partial charge on any atom is -0.382 e. The van der Waals surface area contributed by atoms with Crippen LogP contribution >= 0.6 is 23.4 Å². The van der Waals surface area contributed by atoms with Crippen LogP contribution in [0.2, 0.25) is 0 Å². The summed E-state index contributed by atoms with van der Waals surface area (Å²) in [6.45, 7) is 0.825. The van der Waals surface area contributed by atoms with Gasteiger partial charge in [-0.25, -0.2) is 0 Å². The van der Waals surface area contributed by atoms with E-state index in [0.29, 0.717) is 5.88 Å². The molecule has 3 heteroatoms. The number of nitrogens with one attached hydrogen (secondary N) is 1. The lowest BCUT2D eigenvalue weighted by molar-refractivity contribution is 1.31. The zero-order valence-corrected chi connectivity index (χ0v) is 9.74. The molecule has 0 saturated carbocycles. The average Bonchev–Trinajstić information content (AvgIpc) is 2.25. The fraction of sp³-hybridized carbons (Fsp3) is 0.273. The predicted octanol–water partition coefficient (Wildman–Crippen LogP) is 3.62. The highest BCUT2D eigenvalue weighted by atomic mass is 35.5. The summed E-state index contributed by atoms with van der Waals surface area (Å²) in [7, 11) is 0. The first-order valence-electron chi connectivity index (χ1n) is 4.45. The summed E-state index contributed by atoms with van der Waals surface area (Å²) in [6, 6.07) is 8.39. The highest BCUT2D eigenvalue weighted by Crippen LogP contribution is 2.17. The number of anilines is 1. The minimum absolute atomic E-state index is 0.576. The maximum Gasteiger partial charge on any atom is 0.0404 e. The second-order valence-electron chi connectivity index (χ2n) is 2.74. The molecule has 1 nitrogen and oxygen atoms in total. The van der Waals surface area contributed by atoms with Gasteiger partial charge in [0, 0.05) is 23.0 Å². The van der Waals surface area contributed by atoms with E-state index in [-0.39, 0.29) is 0 Å². The maximum atomic E-state index is 5.51. The Labute approximate surface area is 94.5 Å². The first-order valence-corrected chi connectivity index (χ1v) is 6.21. The quantitative estimate of drug-likeness (QED) is 0.469. The summed E-state index contributed by atoms with van der Waals surface area (Å²) in [5.74, 6) is 0.576. The molecule has 0 amide bonds. The normalized spacial score (nSPS) is 10.7. The van der Waals surface area contributed by atoms with Crippen LogP contribution in [-0.4, -0.2) is 18.7 Å². The number of benzene rings is 1. The van der Waals surface area contributed by atoms with Gasteiger partial charge >= 0.3 is 0 Å². The third-order valence-electron chi connectivity index (χ3n) is 1.77. The zero-order valence-electron chi connectivity index (χ0n) is 8.16. The Kier molecular flexibility index (Phi) is 5.57. The molecule has 1 rings (SSSR count). The summed E-state index contributed by atoms with van der Waals surface area (Å²) in [4.78, 5) is 1.28. The smallest absolute Gasteiger partial charge is 0.0404 e. The molecule has 0 aliphatic rings. The van der Waals surface area contributed by atoms with Crippen LogP contribution in [0, 0.1) is 0 Å². The van der Waals surface area contributed by atoms with E-state index in [4.69, 9.17) is 11.6 Å². The van der Waals surface area contributed by atoms with E-state index in [1.807, 2.05) is 12.2 Å². The van der Waals surface area contributed by atoms with Gasteiger partial charge in [0.05, 0.1) is 0 Å². The van der Waals surface area contributed by atoms with Gasteiger partial charge in [-0.3, -0.25) is 0 Å². The molecule has 1 aromatic rings. The molecule has 0 radical (unpaired) electrons. The van der Waals surface area contributed by atoms with Crippen LogP contribution in [0.1, 0.15) is 0 Å². The standard InChI is InChI=1S/C11H14ClNS/c1-14-11-6-4-10(5-7-11)13-9-3-2-8-12/h2-7,13H,8-9H2,1H3/b3-2+. The van der Waals surface area contributed by atoms with Gasteiger partial charge < -0.3 is 5.32 Å². The van der Waals surface area contributed by atoms with Gasteiger partial charge in [-0.15, -0.1) is 23.4 Å². The molecule has 0 aliphatic heterocycles. The van der Waals surface area contributed by atoms with Gasteiger partial charge in [0.25, 0.3) is 0 Å². The zero-order chi connectivity index (χ0) is 10.2. The Hall–Kier alpha value is -0.600. The third kappa shape index (κ3) is 4.07. The van der Waals surface area contributed by atoms with Gasteiger partial charge in [-0.05, 0) is 30.5 Å². The number of thioether (sulfide) groups is 1. The molecule has 0 fully saturated rings. The number of allylic oxidation sites excluding steroid dienone is 1. The number of hydrogen-bond acceptors (Lipinski definition) is 2. The Balaban J connectivity index is 2.40. The van der Waals surface area contributed by atoms with Gasteiger partial charge in [0.2, 0.25) is 0 Å². The summed E-state index contributed by atoms with van der Waals surface area (Å²) >= 11 is 7.26. The topological polar surface area (TPSA) is 12.0 Å². The molecule has 0 bridgehead atoms. The Bertz CT molecular complexity index is 282. The van der Waals surface area contributed by atoms with Crippen molar-refractivity contribution in [2.24, 2.45) is 0 Å².